The molecule has 1 aromatic carbocycles. The van der Waals surface area contributed by atoms with Gasteiger partial charge in [0.05, 0.1) is 6.54 Å². The summed E-state index contributed by atoms with van der Waals surface area (Å²) >= 11 is 0. The minimum absolute atomic E-state index is 0.107. The zero-order valence-electron chi connectivity index (χ0n) is 15.5. The van der Waals surface area contributed by atoms with E-state index in [-0.39, 0.29) is 30.2 Å². The van der Waals surface area contributed by atoms with Crippen LogP contribution in [0.2, 0.25) is 0 Å². The average Bonchev–Trinajstić information content (AvgIpc) is 2.86. The van der Waals surface area contributed by atoms with E-state index < -0.39 is 0 Å². The predicted octanol–water partition coefficient (Wildman–Crippen LogP) is 3.11. The number of hydrogen-bond acceptors (Lipinski definition) is 3. The maximum absolute atomic E-state index is 12.9. The smallest absolute Gasteiger partial charge is 0.242 e. The van der Waals surface area contributed by atoms with Crippen LogP contribution in [0.4, 0.5) is 0 Å². The Hall–Kier alpha value is -2.04. The zero-order chi connectivity index (χ0) is 18.4. The van der Waals surface area contributed by atoms with Crippen molar-refractivity contribution in [2.45, 2.75) is 63.8 Å². The van der Waals surface area contributed by atoms with Crippen molar-refractivity contribution >= 4 is 11.8 Å². The van der Waals surface area contributed by atoms with Gasteiger partial charge in [0.2, 0.25) is 11.8 Å². The summed E-state index contributed by atoms with van der Waals surface area (Å²) in [6, 6.07) is 7.57. The highest BCUT2D eigenvalue weighted by Crippen LogP contribution is 2.23. The number of amides is 2. The van der Waals surface area contributed by atoms with E-state index in [0.29, 0.717) is 6.42 Å². The van der Waals surface area contributed by atoms with Crippen LogP contribution in [0.1, 0.15) is 56.9 Å². The van der Waals surface area contributed by atoms with Crippen LogP contribution in [0.3, 0.4) is 0 Å². The number of hydrogen-bond donors (Lipinski definition) is 1. The Bertz CT molecular complexity index is 614. The third kappa shape index (κ3) is 4.99. The molecule has 2 aliphatic rings. The molecular weight excluding hydrogens is 328 g/mol. The third-order valence-electron chi connectivity index (χ3n) is 5.65. The molecule has 0 radical (unpaired) electrons. The molecule has 26 heavy (non-hydrogen) atoms. The second kappa shape index (κ2) is 9.06. The molecule has 1 atom stereocenters. The van der Waals surface area contributed by atoms with Gasteiger partial charge in [-0.25, -0.2) is 0 Å². The normalized spacial score (nSPS) is 21.5. The first kappa shape index (κ1) is 18.7. The molecule has 2 amide bonds. The second-order valence-corrected chi connectivity index (χ2v) is 7.57. The molecule has 1 N–H and O–H groups in total. The van der Waals surface area contributed by atoms with Crippen molar-refractivity contribution in [1.82, 2.24) is 9.80 Å². The largest absolute Gasteiger partial charge is 0.508 e. The molecule has 5 heteroatoms. The number of aromatic hydroxyl groups is 1. The van der Waals surface area contributed by atoms with Crippen molar-refractivity contribution in [3.8, 4) is 5.75 Å². The lowest BCUT2D eigenvalue weighted by Gasteiger charge is -2.37. The highest BCUT2D eigenvalue weighted by Gasteiger charge is 2.29. The molecule has 0 saturated carbocycles. The summed E-state index contributed by atoms with van der Waals surface area (Å²) in [6.45, 7) is 1.77. The average molecular weight is 358 g/mol. The molecule has 2 saturated heterocycles. The van der Waals surface area contributed by atoms with Gasteiger partial charge in [-0.05, 0) is 62.6 Å². The van der Waals surface area contributed by atoms with Crippen molar-refractivity contribution in [3.63, 3.8) is 0 Å². The van der Waals surface area contributed by atoms with Gasteiger partial charge >= 0.3 is 0 Å². The van der Waals surface area contributed by atoms with Crippen LogP contribution in [-0.2, 0) is 16.0 Å². The molecule has 2 heterocycles. The van der Waals surface area contributed by atoms with E-state index in [1.807, 2.05) is 17.0 Å². The highest BCUT2D eigenvalue weighted by molar-refractivity contribution is 5.85. The van der Waals surface area contributed by atoms with Crippen molar-refractivity contribution in [2.75, 3.05) is 19.6 Å². The van der Waals surface area contributed by atoms with Crippen LogP contribution < -0.4 is 0 Å². The van der Waals surface area contributed by atoms with E-state index in [1.54, 1.807) is 17.0 Å². The van der Waals surface area contributed by atoms with Gasteiger partial charge < -0.3 is 14.9 Å². The van der Waals surface area contributed by atoms with Crippen LogP contribution in [0.5, 0.6) is 5.75 Å². The summed E-state index contributed by atoms with van der Waals surface area (Å²) in [5.41, 5.74) is 1.18. The molecule has 3 rings (SSSR count). The Morgan fingerprint density at radius 1 is 1.04 bits per heavy atom. The van der Waals surface area contributed by atoms with Crippen molar-refractivity contribution in [3.05, 3.63) is 29.8 Å². The first-order valence-electron chi connectivity index (χ1n) is 9.98. The van der Waals surface area contributed by atoms with Crippen LogP contribution >= 0.6 is 0 Å². The minimum atomic E-state index is 0.107. The lowest BCUT2D eigenvalue weighted by atomic mass is 9.95. The molecule has 0 aromatic heterocycles. The van der Waals surface area contributed by atoms with Gasteiger partial charge in [0, 0.05) is 25.6 Å². The fraction of sp³-hybridized carbons (Fsp3) is 0.619. The Balaban J connectivity index is 1.57. The summed E-state index contributed by atoms with van der Waals surface area (Å²) in [4.78, 5) is 28.9. The number of benzene rings is 1. The zero-order valence-corrected chi connectivity index (χ0v) is 15.5. The van der Waals surface area contributed by atoms with E-state index >= 15 is 0 Å². The van der Waals surface area contributed by atoms with E-state index in [0.717, 1.165) is 64.5 Å². The monoisotopic (exact) mass is 358 g/mol. The molecule has 0 aliphatic carbocycles. The van der Waals surface area contributed by atoms with Crippen LogP contribution in [0.15, 0.2) is 24.3 Å². The van der Waals surface area contributed by atoms with Gasteiger partial charge in [-0.2, -0.15) is 0 Å². The minimum Gasteiger partial charge on any atom is -0.508 e. The van der Waals surface area contributed by atoms with Gasteiger partial charge in [-0.1, -0.05) is 18.6 Å². The predicted molar refractivity (Wildman–Crippen MR) is 101 cm³/mol. The maximum Gasteiger partial charge on any atom is 0.242 e. The molecular formula is C21H30N2O3. The summed E-state index contributed by atoms with van der Waals surface area (Å²) in [7, 11) is 0. The number of rotatable bonds is 5. The first-order valence-corrected chi connectivity index (χ1v) is 9.98. The number of likely N-dealkylation sites (tertiary alicyclic amines) is 2. The third-order valence-corrected chi connectivity index (χ3v) is 5.65. The van der Waals surface area contributed by atoms with Crippen LogP contribution in [0.25, 0.3) is 0 Å². The Labute approximate surface area is 156 Å². The Kier molecular flexibility index (Phi) is 6.53. The standard InChI is InChI=1S/C21H30N2O3/c24-19-12-9-17(10-13-19)8-11-18-6-3-5-15-23(18)21(26)16-22-14-4-1-2-7-20(22)25/h9-10,12-13,18,24H,1-8,11,14-16H2/t18-/m0/s1. The fourth-order valence-electron chi connectivity index (χ4n) is 4.08. The second-order valence-electron chi connectivity index (χ2n) is 7.57. The van der Waals surface area contributed by atoms with Crippen LogP contribution in [0, 0.1) is 0 Å². The number of nitrogens with zero attached hydrogens (tertiary/aromatic N) is 2. The molecule has 0 spiro atoms. The number of carbonyl (C=O) groups excluding carboxylic acids is 2. The summed E-state index contributed by atoms with van der Waals surface area (Å²) in [6.07, 6.45) is 8.69. The van der Waals surface area contributed by atoms with Gasteiger partial charge in [0.25, 0.3) is 0 Å². The number of phenols is 1. The Morgan fingerprint density at radius 2 is 1.81 bits per heavy atom. The first-order chi connectivity index (χ1) is 12.6. The van der Waals surface area contributed by atoms with E-state index in [4.69, 9.17) is 0 Å². The molecule has 5 nitrogen and oxygen atoms in total. The lowest BCUT2D eigenvalue weighted by Crippen LogP contribution is -2.49. The van der Waals surface area contributed by atoms with E-state index in [2.05, 4.69) is 0 Å². The van der Waals surface area contributed by atoms with Gasteiger partial charge in [0.15, 0.2) is 0 Å². The summed E-state index contributed by atoms with van der Waals surface area (Å²) in [5.74, 6) is 0.523. The fourth-order valence-corrected chi connectivity index (χ4v) is 4.08. The summed E-state index contributed by atoms with van der Waals surface area (Å²) < 4.78 is 0. The molecule has 2 aliphatic heterocycles. The van der Waals surface area contributed by atoms with Crippen molar-refractivity contribution in [2.24, 2.45) is 0 Å². The number of piperidine rings is 1. The van der Waals surface area contributed by atoms with Gasteiger partial charge in [-0.3, -0.25) is 9.59 Å². The van der Waals surface area contributed by atoms with Gasteiger partial charge in [0.1, 0.15) is 5.75 Å². The number of carbonyl (C=O) groups is 2. The lowest BCUT2D eigenvalue weighted by molar-refractivity contribution is -0.142. The topological polar surface area (TPSA) is 60.9 Å². The van der Waals surface area contributed by atoms with Gasteiger partial charge in [-0.15, -0.1) is 0 Å². The highest BCUT2D eigenvalue weighted by atomic mass is 16.3. The van der Waals surface area contributed by atoms with Crippen LogP contribution in [-0.4, -0.2) is 52.4 Å². The molecule has 1 aromatic rings. The molecule has 142 valence electrons. The van der Waals surface area contributed by atoms with E-state index in [9.17, 15) is 14.7 Å². The summed E-state index contributed by atoms with van der Waals surface area (Å²) in [5, 5.41) is 9.40. The van der Waals surface area contributed by atoms with E-state index in [1.165, 1.54) is 5.56 Å². The van der Waals surface area contributed by atoms with Crippen molar-refractivity contribution < 1.29 is 14.7 Å². The quantitative estimate of drug-likeness (QED) is 0.880. The molecule has 0 unspecified atom stereocenters. The Morgan fingerprint density at radius 3 is 2.62 bits per heavy atom. The van der Waals surface area contributed by atoms with Crippen molar-refractivity contribution in [1.29, 1.82) is 0 Å². The number of aryl methyl sites for hydroxylation is 1. The molecule has 0 bridgehead atoms. The number of phenolic OH excluding ortho intramolecular Hbond substituents is 1. The molecule has 2 fully saturated rings. The maximum atomic E-state index is 12.9. The SMILES string of the molecule is O=C1CCCCCN1CC(=O)N1CCCC[C@H]1CCc1ccc(O)cc1.